The van der Waals surface area contributed by atoms with Gasteiger partial charge in [-0.1, -0.05) is 23.2 Å². The fraction of sp³-hybridized carbons (Fsp3) is 0.500. The standard InChI is InChI=1S/C12H15Cl2NO2S/c1-12(4-5-18(16,17)8-12)15-7-9-6-10(13)2-3-11(9)14/h2-3,6,15H,4-5,7-8H2,1H3. The highest BCUT2D eigenvalue weighted by molar-refractivity contribution is 7.91. The summed E-state index contributed by atoms with van der Waals surface area (Å²) in [5.41, 5.74) is 0.513. The van der Waals surface area contributed by atoms with Gasteiger partial charge in [0.25, 0.3) is 0 Å². The summed E-state index contributed by atoms with van der Waals surface area (Å²) >= 11 is 12.0. The minimum atomic E-state index is -2.90. The number of hydrogen-bond donors (Lipinski definition) is 1. The highest BCUT2D eigenvalue weighted by atomic mass is 35.5. The molecule has 100 valence electrons. The van der Waals surface area contributed by atoms with Crippen LogP contribution in [0, 0.1) is 0 Å². The highest BCUT2D eigenvalue weighted by Gasteiger charge is 2.37. The van der Waals surface area contributed by atoms with Crippen LogP contribution in [0.1, 0.15) is 18.9 Å². The second-order valence-electron chi connectivity index (χ2n) is 4.99. The lowest BCUT2D eigenvalue weighted by Crippen LogP contribution is -2.42. The number of halogens is 2. The van der Waals surface area contributed by atoms with Crippen LogP contribution in [0.15, 0.2) is 18.2 Å². The van der Waals surface area contributed by atoms with E-state index in [4.69, 9.17) is 23.2 Å². The minimum Gasteiger partial charge on any atom is -0.306 e. The Morgan fingerprint density at radius 3 is 2.72 bits per heavy atom. The SMILES string of the molecule is CC1(NCc2cc(Cl)ccc2Cl)CCS(=O)(=O)C1. The van der Waals surface area contributed by atoms with Gasteiger partial charge in [-0.25, -0.2) is 8.42 Å². The summed E-state index contributed by atoms with van der Waals surface area (Å²) in [5.74, 6) is 0.429. The molecule has 2 rings (SSSR count). The van der Waals surface area contributed by atoms with Gasteiger partial charge in [0.1, 0.15) is 0 Å². The summed E-state index contributed by atoms with van der Waals surface area (Å²) in [7, 11) is -2.90. The van der Waals surface area contributed by atoms with Gasteiger partial charge in [-0.3, -0.25) is 0 Å². The number of hydrogen-bond acceptors (Lipinski definition) is 3. The normalized spacial score (nSPS) is 26.4. The molecule has 0 saturated carbocycles. The van der Waals surface area contributed by atoms with Crippen molar-refractivity contribution in [3.63, 3.8) is 0 Å². The van der Waals surface area contributed by atoms with Crippen LogP contribution in [0.3, 0.4) is 0 Å². The molecule has 6 heteroatoms. The van der Waals surface area contributed by atoms with Gasteiger partial charge in [0, 0.05) is 22.1 Å². The Labute approximate surface area is 117 Å². The van der Waals surface area contributed by atoms with E-state index >= 15 is 0 Å². The summed E-state index contributed by atoms with van der Waals surface area (Å²) in [5, 5.41) is 4.54. The molecular formula is C12H15Cl2NO2S. The van der Waals surface area contributed by atoms with Gasteiger partial charge >= 0.3 is 0 Å². The van der Waals surface area contributed by atoms with E-state index < -0.39 is 9.84 Å². The van der Waals surface area contributed by atoms with Crippen molar-refractivity contribution in [2.75, 3.05) is 11.5 Å². The lowest BCUT2D eigenvalue weighted by molar-refractivity contribution is 0.395. The number of nitrogens with one attached hydrogen (secondary N) is 1. The van der Waals surface area contributed by atoms with E-state index in [2.05, 4.69) is 5.32 Å². The van der Waals surface area contributed by atoms with E-state index in [1.54, 1.807) is 18.2 Å². The molecule has 1 aliphatic heterocycles. The number of sulfone groups is 1. The van der Waals surface area contributed by atoms with Crippen molar-refractivity contribution in [2.45, 2.75) is 25.4 Å². The Kier molecular flexibility index (Phi) is 3.93. The largest absolute Gasteiger partial charge is 0.306 e. The summed E-state index contributed by atoms with van der Waals surface area (Å²) in [4.78, 5) is 0. The molecule has 1 atom stereocenters. The Hall–Kier alpha value is -0.290. The molecule has 1 N–H and O–H groups in total. The molecule has 1 unspecified atom stereocenters. The zero-order chi connectivity index (χ0) is 13.4. The maximum absolute atomic E-state index is 11.5. The third kappa shape index (κ3) is 3.38. The lowest BCUT2D eigenvalue weighted by atomic mass is 10.0. The summed E-state index contributed by atoms with van der Waals surface area (Å²) in [6.45, 7) is 2.45. The Balaban J connectivity index is 2.06. The van der Waals surface area contributed by atoms with Crippen molar-refractivity contribution in [2.24, 2.45) is 0 Å². The van der Waals surface area contributed by atoms with Crippen LogP contribution in [0.5, 0.6) is 0 Å². The summed E-state index contributed by atoms with van der Waals surface area (Å²) in [6.07, 6.45) is 0.632. The molecule has 1 aromatic rings. The third-order valence-corrected chi connectivity index (χ3v) is 5.72. The predicted octanol–water partition coefficient (Wildman–Crippen LogP) is 2.66. The first-order valence-electron chi connectivity index (χ1n) is 5.69. The van der Waals surface area contributed by atoms with Crippen molar-refractivity contribution in [3.8, 4) is 0 Å². The molecule has 0 bridgehead atoms. The van der Waals surface area contributed by atoms with Crippen molar-refractivity contribution in [3.05, 3.63) is 33.8 Å². The van der Waals surface area contributed by atoms with Gasteiger partial charge in [0.15, 0.2) is 9.84 Å². The number of benzene rings is 1. The number of rotatable bonds is 3. The van der Waals surface area contributed by atoms with Crippen LogP contribution in [0.25, 0.3) is 0 Å². The van der Waals surface area contributed by atoms with E-state index in [1.165, 1.54) is 0 Å². The second kappa shape index (κ2) is 5.00. The smallest absolute Gasteiger partial charge is 0.152 e. The van der Waals surface area contributed by atoms with Crippen LogP contribution >= 0.6 is 23.2 Å². The Bertz CT molecular complexity index is 559. The molecule has 0 spiro atoms. The molecule has 1 fully saturated rings. The van der Waals surface area contributed by atoms with Gasteiger partial charge in [-0.2, -0.15) is 0 Å². The lowest BCUT2D eigenvalue weighted by Gasteiger charge is -2.24. The molecule has 0 aliphatic carbocycles. The van der Waals surface area contributed by atoms with Gasteiger partial charge in [-0.05, 0) is 37.1 Å². The van der Waals surface area contributed by atoms with Crippen molar-refractivity contribution in [1.82, 2.24) is 5.32 Å². The molecule has 0 aromatic heterocycles. The molecule has 1 aliphatic rings. The van der Waals surface area contributed by atoms with Gasteiger partial charge < -0.3 is 5.32 Å². The van der Waals surface area contributed by atoms with Gasteiger partial charge in [-0.15, -0.1) is 0 Å². The molecule has 1 saturated heterocycles. The first-order chi connectivity index (χ1) is 8.30. The average molecular weight is 308 g/mol. The van der Waals surface area contributed by atoms with Crippen LogP contribution in [0.4, 0.5) is 0 Å². The van der Waals surface area contributed by atoms with E-state index in [1.807, 2.05) is 6.92 Å². The zero-order valence-electron chi connectivity index (χ0n) is 10.0. The summed E-state index contributed by atoms with van der Waals surface area (Å²) < 4.78 is 23.0. The first-order valence-corrected chi connectivity index (χ1v) is 8.27. The fourth-order valence-corrected chi connectivity index (χ4v) is 4.64. The van der Waals surface area contributed by atoms with Crippen LogP contribution in [0.2, 0.25) is 10.0 Å². The van der Waals surface area contributed by atoms with E-state index in [0.29, 0.717) is 23.0 Å². The maximum Gasteiger partial charge on any atom is 0.152 e. The fourth-order valence-electron chi connectivity index (χ4n) is 2.14. The quantitative estimate of drug-likeness (QED) is 0.934. The van der Waals surface area contributed by atoms with E-state index in [0.717, 1.165) is 5.56 Å². The predicted molar refractivity (Wildman–Crippen MR) is 75.0 cm³/mol. The third-order valence-electron chi connectivity index (χ3n) is 3.22. The molecule has 18 heavy (non-hydrogen) atoms. The Morgan fingerprint density at radius 1 is 1.39 bits per heavy atom. The van der Waals surface area contributed by atoms with Crippen molar-refractivity contribution in [1.29, 1.82) is 0 Å². The average Bonchev–Trinajstić information content (AvgIpc) is 2.55. The monoisotopic (exact) mass is 307 g/mol. The van der Waals surface area contributed by atoms with E-state index in [9.17, 15) is 8.42 Å². The van der Waals surface area contributed by atoms with Crippen LogP contribution < -0.4 is 5.32 Å². The topological polar surface area (TPSA) is 46.2 Å². The maximum atomic E-state index is 11.5. The summed E-state index contributed by atoms with van der Waals surface area (Å²) in [6, 6.07) is 5.27. The molecule has 0 radical (unpaired) electrons. The van der Waals surface area contributed by atoms with Gasteiger partial charge in [0.2, 0.25) is 0 Å². The molecule has 3 nitrogen and oxygen atoms in total. The van der Waals surface area contributed by atoms with Crippen LogP contribution in [-0.2, 0) is 16.4 Å². The van der Waals surface area contributed by atoms with Gasteiger partial charge in [0.05, 0.1) is 11.5 Å². The highest BCUT2D eigenvalue weighted by Crippen LogP contribution is 2.25. The molecule has 0 amide bonds. The van der Waals surface area contributed by atoms with E-state index in [-0.39, 0.29) is 17.0 Å². The zero-order valence-corrected chi connectivity index (χ0v) is 12.4. The minimum absolute atomic E-state index is 0.179. The molecule has 1 heterocycles. The van der Waals surface area contributed by atoms with Crippen molar-refractivity contribution >= 4 is 33.0 Å². The van der Waals surface area contributed by atoms with Crippen LogP contribution in [-0.4, -0.2) is 25.5 Å². The molecular weight excluding hydrogens is 293 g/mol. The Morgan fingerprint density at radius 2 is 2.11 bits per heavy atom. The van der Waals surface area contributed by atoms with Crippen molar-refractivity contribution < 1.29 is 8.42 Å². The first kappa shape index (κ1) is 14.1. The second-order valence-corrected chi connectivity index (χ2v) is 8.02. The molecule has 1 aromatic carbocycles.